The number of Topliss-reactive ketones (excluding diaryl/α,β-unsaturated/α-hetero) is 2. The Labute approximate surface area is 211 Å². The smallest absolute Gasteiger partial charge is 0.254 e. The molecule has 1 aromatic heterocycles. The third-order valence-electron chi connectivity index (χ3n) is 6.51. The first-order chi connectivity index (χ1) is 17.6. The second-order valence-corrected chi connectivity index (χ2v) is 8.83. The van der Waals surface area contributed by atoms with Crippen LogP contribution in [0.3, 0.4) is 0 Å². The monoisotopic (exact) mass is 471 g/mol. The summed E-state index contributed by atoms with van der Waals surface area (Å²) in [7, 11) is 0. The Balaban J connectivity index is 1.24. The second kappa shape index (κ2) is 10.4. The zero-order chi connectivity index (χ0) is 24.9. The fourth-order valence-electron chi connectivity index (χ4n) is 4.33. The van der Waals surface area contributed by atoms with Crippen LogP contribution in [0.5, 0.6) is 0 Å². The van der Waals surface area contributed by atoms with E-state index in [0.29, 0.717) is 11.1 Å². The lowest BCUT2D eigenvalue weighted by atomic mass is 10.0. The van der Waals surface area contributed by atoms with E-state index in [4.69, 9.17) is 0 Å². The van der Waals surface area contributed by atoms with E-state index in [2.05, 4.69) is 24.3 Å². The van der Waals surface area contributed by atoms with Crippen molar-refractivity contribution in [3.05, 3.63) is 139 Å². The summed E-state index contributed by atoms with van der Waals surface area (Å²) < 4.78 is 3.78. The first-order valence-electron chi connectivity index (χ1n) is 12.0. The van der Waals surface area contributed by atoms with E-state index in [1.54, 1.807) is 0 Å². The maximum Gasteiger partial charge on any atom is 0.254 e. The van der Waals surface area contributed by atoms with Crippen LogP contribution in [-0.4, -0.2) is 16.1 Å². The highest BCUT2D eigenvalue weighted by Gasteiger charge is 2.19. The minimum absolute atomic E-state index is 0.0308. The van der Waals surface area contributed by atoms with Crippen LogP contribution in [0.1, 0.15) is 26.5 Å². The van der Waals surface area contributed by atoms with E-state index in [0.717, 1.165) is 28.1 Å². The lowest BCUT2D eigenvalue weighted by molar-refractivity contribution is -0.688. The predicted octanol–water partition coefficient (Wildman–Crippen LogP) is 6.18. The number of carbonyl (C=O) groups excluding carboxylic acids is 2. The van der Waals surface area contributed by atoms with Crippen molar-refractivity contribution in [1.82, 2.24) is 4.57 Å². The third-order valence-corrected chi connectivity index (χ3v) is 6.51. The van der Waals surface area contributed by atoms with Gasteiger partial charge in [0.05, 0.1) is 0 Å². The number of imidazole rings is 1. The summed E-state index contributed by atoms with van der Waals surface area (Å²) in [5.74, 6) is 0.921. The van der Waals surface area contributed by atoms with Gasteiger partial charge in [-0.1, -0.05) is 109 Å². The van der Waals surface area contributed by atoms with E-state index in [1.165, 1.54) is 0 Å². The van der Waals surface area contributed by atoms with E-state index < -0.39 is 0 Å². The maximum absolute atomic E-state index is 12.9. The quantitative estimate of drug-likeness (QED) is 0.200. The van der Waals surface area contributed by atoms with Crippen LogP contribution >= 0.6 is 0 Å². The fraction of sp³-hybridized carbons (Fsp3) is 0.0938. The van der Waals surface area contributed by atoms with Crippen LogP contribution in [0.25, 0.3) is 22.3 Å². The average Bonchev–Trinajstić information content (AvgIpc) is 3.28. The van der Waals surface area contributed by atoms with Crippen LogP contribution in [0.2, 0.25) is 0 Å². The van der Waals surface area contributed by atoms with Gasteiger partial charge in [0.15, 0.2) is 13.1 Å². The molecule has 4 aromatic carbocycles. The van der Waals surface area contributed by atoms with Crippen molar-refractivity contribution >= 4 is 11.6 Å². The van der Waals surface area contributed by atoms with E-state index in [-0.39, 0.29) is 24.7 Å². The van der Waals surface area contributed by atoms with Crippen molar-refractivity contribution in [2.45, 2.75) is 20.0 Å². The Morgan fingerprint density at radius 2 is 1.06 bits per heavy atom. The Morgan fingerprint density at radius 3 is 1.56 bits per heavy atom. The number of ketones is 2. The van der Waals surface area contributed by atoms with Crippen molar-refractivity contribution in [2.24, 2.45) is 0 Å². The molecule has 5 rings (SSSR count). The Kier molecular flexibility index (Phi) is 6.67. The van der Waals surface area contributed by atoms with Gasteiger partial charge in [0.1, 0.15) is 12.4 Å². The van der Waals surface area contributed by atoms with Crippen LogP contribution in [0.4, 0.5) is 0 Å². The lowest BCUT2D eigenvalue weighted by Gasteiger charge is -2.05. The first kappa shape index (κ1) is 23.2. The highest BCUT2D eigenvalue weighted by atomic mass is 16.1. The van der Waals surface area contributed by atoms with E-state index in [9.17, 15) is 9.59 Å². The van der Waals surface area contributed by atoms with Gasteiger partial charge in [-0.3, -0.25) is 9.59 Å². The summed E-state index contributed by atoms with van der Waals surface area (Å²) in [6.07, 6.45) is 3.72. The lowest BCUT2D eigenvalue weighted by Crippen LogP contribution is -2.39. The van der Waals surface area contributed by atoms with Crippen LogP contribution in [-0.2, 0) is 13.1 Å². The molecule has 0 spiro atoms. The molecule has 0 saturated heterocycles. The molecule has 0 atom stereocenters. The van der Waals surface area contributed by atoms with E-state index >= 15 is 0 Å². The molecular weight excluding hydrogens is 444 g/mol. The summed E-state index contributed by atoms with van der Waals surface area (Å²) in [5, 5.41) is 0. The summed E-state index contributed by atoms with van der Waals surface area (Å²) in [6.45, 7) is 2.38. The molecule has 0 saturated carbocycles. The molecule has 1 heterocycles. The Morgan fingerprint density at radius 1 is 0.611 bits per heavy atom. The topological polar surface area (TPSA) is 43.0 Å². The van der Waals surface area contributed by atoms with Crippen molar-refractivity contribution in [3.8, 4) is 22.3 Å². The Bertz CT molecular complexity index is 1370. The minimum atomic E-state index is 0.0308. The minimum Gasteiger partial charge on any atom is -0.290 e. The van der Waals surface area contributed by atoms with Gasteiger partial charge < -0.3 is 0 Å². The summed E-state index contributed by atoms with van der Waals surface area (Å²) in [5.41, 5.74) is 5.75. The molecule has 0 N–H and O–H groups in total. The number of aromatic nitrogens is 2. The summed E-state index contributed by atoms with van der Waals surface area (Å²) in [4.78, 5) is 25.8. The van der Waals surface area contributed by atoms with Gasteiger partial charge in [-0.25, -0.2) is 9.13 Å². The number of hydrogen-bond donors (Lipinski definition) is 0. The molecule has 176 valence electrons. The molecule has 0 bridgehead atoms. The number of carbonyl (C=O) groups is 2. The molecule has 0 fully saturated rings. The van der Waals surface area contributed by atoms with E-state index in [1.807, 2.05) is 113 Å². The van der Waals surface area contributed by atoms with Gasteiger partial charge in [-0.2, -0.15) is 0 Å². The zero-order valence-corrected chi connectivity index (χ0v) is 20.2. The van der Waals surface area contributed by atoms with Gasteiger partial charge >= 0.3 is 0 Å². The predicted molar refractivity (Wildman–Crippen MR) is 142 cm³/mol. The largest absolute Gasteiger partial charge is 0.290 e. The number of nitrogens with zero attached hydrogens (tertiary/aromatic N) is 2. The average molecular weight is 472 g/mol. The van der Waals surface area contributed by atoms with Crippen molar-refractivity contribution in [3.63, 3.8) is 0 Å². The van der Waals surface area contributed by atoms with Crippen molar-refractivity contribution < 1.29 is 14.2 Å². The van der Waals surface area contributed by atoms with Crippen molar-refractivity contribution in [2.75, 3.05) is 0 Å². The Hall–Kier alpha value is -4.57. The number of benzene rings is 4. The number of rotatable bonds is 8. The van der Waals surface area contributed by atoms with Gasteiger partial charge in [-0.15, -0.1) is 0 Å². The molecule has 0 aliphatic heterocycles. The molecule has 0 aliphatic rings. The number of hydrogen-bond acceptors (Lipinski definition) is 2. The molecule has 0 aliphatic carbocycles. The molecular formula is C32H27N2O2+. The first-order valence-corrected chi connectivity index (χ1v) is 12.0. The van der Waals surface area contributed by atoms with Crippen LogP contribution in [0.15, 0.2) is 122 Å². The SMILES string of the molecule is Cc1n(CC(=O)c2ccc(-c3ccccc3)cc2)cc[n+]1CC(=O)c1ccc(-c2ccccc2)cc1. The highest BCUT2D eigenvalue weighted by Crippen LogP contribution is 2.20. The third kappa shape index (κ3) is 5.08. The van der Waals surface area contributed by atoms with Gasteiger partial charge in [0, 0.05) is 18.1 Å². The molecule has 5 aromatic rings. The normalized spacial score (nSPS) is 10.8. The van der Waals surface area contributed by atoms with Gasteiger partial charge in [0.2, 0.25) is 11.6 Å². The molecule has 0 amide bonds. The molecule has 0 unspecified atom stereocenters. The van der Waals surface area contributed by atoms with Gasteiger partial charge in [0.25, 0.3) is 5.82 Å². The molecule has 0 radical (unpaired) electrons. The van der Waals surface area contributed by atoms with Gasteiger partial charge in [-0.05, 0) is 22.3 Å². The molecule has 4 nitrogen and oxygen atoms in total. The van der Waals surface area contributed by atoms with Crippen molar-refractivity contribution in [1.29, 1.82) is 0 Å². The highest BCUT2D eigenvalue weighted by molar-refractivity contribution is 5.96. The van der Waals surface area contributed by atoms with Crippen LogP contribution < -0.4 is 4.57 Å². The molecule has 36 heavy (non-hydrogen) atoms. The summed E-state index contributed by atoms with van der Waals surface area (Å²) >= 11 is 0. The second-order valence-electron chi connectivity index (χ2n) is 8.83. The molecule has 4 heteroatoms. The standard InChI is InChI=1S/C32H27N2O2/c1-24-33(22-31(35)29-16-12-27(13-17-29)25-8-4-2-5-9-25)20-21-34(24)23-32(36)30-18-14-28(15-19-30)26-10-6-3-7-11-26/h2-21H,22-23H2,1H3/q+1. The van der Waals surface area contributed by atoms with Crippen LogP contribution in [0, 0.1) is 6.92 Å². The zero-order valence-electron chi connectivity index (χ0n) is 20.2. The summed E-state index contributed by atoms with van der Waals surface area (Å²) in [6, 6.07) is 35.6. The fourth-order valence-corrected chi connectivity index (χ4v) is 4.33. The maximum atomic E-state index is 12.9.